The van der Waals surface area contributed by atoms with Gasteiger partial charge < -0.3 is 14.2 Å². The first-order valence-corrected chi connectivity index (χ1v) is 13.3. The predicted octanol–water partition coefficient (Wildman–Crippen LogP) is 2.33. The zero-order valence-corrected chi connectivity index (χ0v) is 19.4. The van der Waals surface area contributed by atoms with Gasteiger partial charge in [0.25, 0.3) is 0 Å². The van der Waals surface area contributed by atoms with Gasteiger partial charge in [0.1, 0.15) is 18.3 Å². The Morgan fingerprint density at radius 2 is 1.71 bits per heavy atom. The van der Waals surface area contributed by atoms with E-state index in [0.29, 0.717) is 17.8 Å². The van der Waals surface area contributed by atoms with Gasteiger partial charge in [-0.1, -0.05) is 13.3 Å². The van der Waals surface area contributed by atoms with E-state index in [9.17, 15) is 31.6 Å². The lowest BCUT2D eigenvalue weighted by Gasteiger charge is -2.42. The summed E-state index contributed by atoms with van der Waals surface area (Å²) in [6.45, 7) is 2.18. The number of ether oxygens (including phenoxy) is 3. The number of carbonyl (C=O) groups excluding carboxylic acids is 3. The summed E-state index contributed by atoms with van der Waals surface area (Å²) in [5.74, 6) is -5.26. The highest BCUT2D eigenvalue weighted by Crippen LogP contribution is 2.59. The molecule has 1 N–H and O–H groups in total. The van der Waals surface area contributed by atoms with Crippen molar-refractivity contribution in [2.75, 3.05) is 0 Å². The van der Waals surface area contributed by atoms with Crippen LogP contribution in [0, 0.1) is 41.4 Å². The quantitative estimate of drug-likeness (QED) is 0.327. The highest BCUT2D eigenvalue weighted by molar-refractivity contribution is 7.87. The molecule has 0 radical (unpaired) electrons. The Balaban J connectivity index is 1.30. The molecular weight excluding hydrogens is 478 g/mol. The second kappa shape index (κ2) is 8.11. The van der Waals surface area contributed by atoms with Crippen LogP contribution in [0.15, 0.2) is 0 Å². The number of esters is 3. The summed E-state index contributed by atoms with van der Waals surface area (Å²) in [5.41, 5.74) is 0. The molecule has 0 amide bonds. The van der Waals surface area contributed by atoms with Crippen LogP contribution in [0.4, 0.5) is 8.78 Å². The number of rotatable bonds is 6. The van der Waals surface area contributed by atoms with Crippen molar-refractivity contribution >= 4 is 28.0 Å². The fraction of sp³-hybridized carbons (Fsp3) is 0.864. The minimum Gasteiger partial charge on any atom is -0.462 e. The fourth-order valence-electron chi connectivity index (χ4n) is 7.37. The molecule has 1 heterocycles. The predicted molar refractivity (Wildman–Crippen MR) is 109 cm³/mol. The molecule has 4 bridgehead atoms. The molecule has 1 aliphatic heterocycles. The Morgan fingerprint density at radius 1 is 1.06 bits per heavy atom. The molecule has 1 saturated heterocycles. The highest BCUT2D eigenvalue weighted by atomic mass is 32.2. The largest absolute Gasteiger partial charge is 0.465 e. The van der Waals surface area contributed by atoms with Gasteiger partial charge in [-0.05, 0) is 56.3 Å². The number of alkyl halides is 2. The molecule has 0 aromatic heterocycles. The van der Waals surface area contributed by atoms with Crippen molar-refractivity contribution < 1.29 is 50.3 Å². The Hall–Kier alpha value is -1.82. The van der Waals surface area contributed by atoms with Gasteiger partial charge in [0.2, 0.25) is 0 Å². The van der Waals surface area contributed by atoms with Gasteiger partial charge in [0, 0.05) is 11.8 Å². The van der Waals surface area contributed by atoms with Crippen LogP contribution in [0.3, 0.4) is 0 Å². The van der Waals surface area contributed by atoms with Crippen LogP contribution in [0.1, 0.15) is 51.9 Å². The van der Waals surface area contributed by atoms with E-state index in [0.717, 1.165) is 38.5 Å². The molecule has 5 rings (SSSR count). The van der Waals surface area contributed by atoms with Gasteiger partial charge in [-0.3, -0.25) is 14.1 Å². The SMILES string of the molecule is CCC1CC2CC(OC(=O)C3C4CC5C(OC(=O)C53)C4OC(=O)C(F)(F)S(=O)(=O)O)C[C@@H](C1)C2. The van der Waals surface area contributed by atoms with Gasteiger partial charge in [0.05, 0.1) is 11.8 Å². The van der Waals surface area contributed by atoms with Crippen molar-refractivity contribution in [1.82, 2.24) is 0 Å². The van der Waals surface area contributed by atoms with Crippen LogP contribution >= 0.6 is 0 Å². The Morgan fingerprint density at radius 3 is 2.29 bits per heavy atom. The monoisotopic (exact) mass is 506 g/mol. The molecule has 9 nitrogen and oxygen atoms in total. The number of carbonyl (C=O) groups is 3. The van der Waals surface area contributed by atoms with Crippen LogP contribution < -0.4 is 0 Å². The fourth-order valence-corrected chi connectivity index (χ4v) is 7.62. The molecular formula is C22H28F2O9S. The first-order valence-electron chi connectivity index (χ1n) is 11.9. The summed E-state index contributed by atoms with van der Waals surface area (Å²) in [4.78, 5) is 37.6. The van der Waals surface area contributed by atoms with Crippen molar-refractivity contribution in [3.8, 4) is 0 Å². The van der Waals surface area contributed by atoms with Crippen molar-refractivity contribution in [2.24, 2.45) is 41.4 Å². The molecule has 10 atom stereocenters. The minimum atomic E-state index is -6.05. The number of hydrogen-bond donors (Lipinski definition) is 1. The molecule has 5 fully saturated rings. The van der Waals surface area contributed by atoms with E-state index >= 15 is 0 Å². The number of hydrogen-bond acceptors (Lipinski definition) is 8. The third-order valence-corrected chi connectivity index (χ3v) is 9.49. The third-order valence-electron chi connectivity index (χ3n) is 8.68. The lowest BCUT2D eigenvalue weighted by Crippen LogP contribution is -2.48. The van der Waals surface area contributed by atoms with E-state index in [1.54, 1.807) is 0 Å². The Bertz CT molecular complexity index is 984. The lowest BCUT2D eigenvalue weighted by atomic mass is 9.66. The molecule has 0 spiro atoms. The molecule has 0 aromatic carbocycles. The summed E-state index contributed by atoms with van der Waals surface area (Å²) >= 11 is 0. The van der Waals surface area contributed by atoms with Crippen LogP contribution in [-0.4, -0.2) is 54.4 Å². The van der Waals surface area contributed by atoms with E-state index in [-0.39, 0.29) is 12.5 Å². The van der Waals surface area contributed by atoms with Crippen LogP contribution in [0.5, 0.6) is 0 Å². The summed E-state index contributed by atoms with van der Waals surface area (Å²) < 4.78 is 73.8. The molecule has 190 valence electrons. The molecule has 12 heteroatoms. The third kappa shape index (κ3) is 3.71. The zero-order valence-electron chi connectivity index (χ0n) is 18.6. The normalized spacial score (nSPS) is 42.9. The Labute approximate surface area is 195 Å². The smallest absolute Gasteiger partial charge is 0.462 e. The van der Waals surface area contributed by atoms with Gasteiger partial charge in [-0.2, -0.15) is 17.2 Å². The summed E-state index contributed by atoms with van der Waals surface area (Å²) in [6.07, 6.45) is 3.44. The van der Waals surface area contributed by atoms with E-state index in [1.807, 2.05) is 0 Å². The van der Waals surface area contributed by atoms with Crippen molar-refractivity contribution in [2.45, 2.75) is 75.4 Å². The topological polar surface area (TPSA) is 133 Å². The van der Waals surface area contributed by atoms with Crippen LogP contribution in [-0.2, 0) is 38.7 Å². The first kappa shape index (κ1) is 23.9. The average molecular weight is 507 g/mol. The standard InChI is InChI=1S/C22H28F2O9S/c1-2-9-3-10-5-11(4-9)7-12(6-10)31-19(25)15-14-8-13-16(15)20(26)32-17(13)18(14)33-21(27)22(23,24)34(28,29)30/h9-18H,2-8H2,1H3,(H,28,29,30)/t9?,10-,11?,12?,13?,14?,15?,16?,17?,18?/m0/s1. The molecule has 5 aliphatic rings. The molecule has 34 heavy (non-hydrogen) atoms. The van der Waals surface area contributed by atoms with E-state index < -0.39 is 69.2 Å². The molecule has 0 aromatic rings. The van der Waals surface area contributed by atoms with Crippen molar-refractivity contribution in [1.29, 1.82) is 0 Å². The molecule has 4 saturated carbocycles. The van der Waals surface area contributed by atoms with Gasteiger partial charge in [-0.15, -0.1) is 0 Å². The maximum atomic E-state index is 13.8. The lowest BCUT2D eigenvalue weighted by molar-refractivity contribution is -0.181. The van der Waals surface area contributed by atoms with Gasteiger partial charge >= 0.3 is 33.3 Å². The maximum Gasteiger partial charge on any atom is 0.465 e. The van der Waals surface area contributed by atoms with E-state index in [1.165, 1.54) is 0 Å². The number of halogens is 2. The van der Waals surface area contributed by atoms with Gasteiger partial charge in [-0.25, -0.2) is 4.79 Å². The van der Waals surface area contributed by atoms with Crippen molar-refractivity contribution in [3.05, 3.63) is 0 Å². The average Bonchev–Trinajstić information content (AvgIpc) is 3.35. The molecule has 9 unspecified atom stereocenters. The van der Waals surface area contributed by atoms with Gasteiger partial charge in [0.15, 0.2) is 0 Å². The summed E-state index contributed by atoms with van der Waals surface area (Å²) in [6, 6.07) is 0. The van der Waals surface area contributed by atoms with E-state index in [2.05, 4.69) is 6.92 Å². The van der Waals surface area contributed by atoms with Crippen molar-refractivity contribution in [3.63, 3.8) is 0 Å². The van der Waals surface area contributed by atoms with Crippen LogP contribution in [0.2, 0.25) is 0 Å². The maximum absolute atomic E-state index is 13.8. The first-order chi connectivity index (χ1) is 15.9. The zero-order chi connectivity index (χ0) is 24.6. The summed E-state index contributed by atoms with van der Waals surface area (Å²) in [5, 5.41) is -5.18. The number of fused-ring (bicyclic) bond motifs is 3. The second-order valence-corrected chi connectivity index (χ2v) is 12.1. The second-order valence-electron chi connectivity index (χ2n) is 10.6. The van der Waals surface area contributed by atoms with E-state index in [4.69, 9.17) is 18.8 Å². The summed E-state index contributed by atoms with van der Waals surface area (Å²) in [7, 11) is -6.05. The highest BCUT2D eigenvalue weighted by Gasteiger charge is 2.71. The Kier molecular flexibility index (Phi) is 5.70. The minimum absolute atomic E-state index is 0.227. The van der Waals surface area contributed by atoms with Crippen LogP contribution in [0.25, 0.3) is 0 Å². The molecule has 4 aliphatic carbocycles.